The molecule has 0 aliphatic heterocycles. The van der Waals surface area contributed by atoms with Crippen LogP contribution in [0.2, 0.25) is 0 Å². The van der Waals surface area contributed by atoms with Crippen LogP contribution in [0.1, 0.15) is 36.8 Å². The van der Waals surface area contributed by atoms with Crippen LogP contribution in [-0.4, -0.2) is 15.0 Å². The molecular weight excluding hydrogens is 324 g/mol. The van der Waals surface area contributed by atoms with Crippen LogP contribution >= 0.6 is 22.7 Å². The Hall–Kier alpha value is -0.730. The summed E-state index contributed by atoms with van der Waals surface area (Å²) in [7, 11) is -3.48. The maximum absolute atomic E-state index is 12.5. The van der Waals surface area contributed by atoms with Crippen LogP contribution in [0.3, 0.4) is 0 Å². The Morgan fingerprint density at radius 3 is 2.76 bits per heavy atom. The van der Waals surface area contributed by atoms with E-state index in [0.29, 0.717) is 11.4 Å². The summed E-state index contributed by atoms with van der Waals surface area (Å²) in [4.78, 5) is 1.24. The molecule has 0 amide bonds. The number of hydrogen-bond donors (Lipinski definition) is 2. The van der Waals surface area contributed by atoms with Gasteiger partial charge in [-0.1, -0.05) is 6.92 Å². The van der Waals surface area contributed by atoms with E-state index in [1.165, 1.54) is 11.3 Å². The summed E-state index contributed by atoms with van der Waals surface area (Å²) in [5.74, 6) is 0. The first-order chi connectivity index (χ1) is 10.0. The van der Waals surface area contributed by atoms with Gasteiger partial charge in [0.05, 0.1) is 4.90 Å². The Labute approximate surface area is 134 Å². The lowest BCUT2D eigenvalue weighted by atomic mass is 10.2. The maximum Gasteiger partial charge on any atom is 0.242 e. The second-order valence-electron chi connectivity index (χ2n) is 4.78. The Balaban J connectivity index is 2.11. The molecule has 4 nitrogen and oxygen atoms in total. The van der Waals surface area contributed by atoms with Crippen molar-refractivity contribution in [3.63, 3.8) is 0 Å². The van der Waals surface area contributed by atoms with E-state index >= 15 is 0 Å². The third-order valence-corrected chi connectivity index (χ3v) is 6.46. The number of hydrogen-bond acceptors (Lipinski definition) is 5. The number of thiophene rings is 2. The van der Waals surface area contributed by atoms with E-state index in [2.05, 4.69) is 17.0 Å². The minimum absolute atomic E-state index is 0.224. The zero-order valence-corrected chi connectivity index (χ0v) is 14.6. The molecule has 0 bridgehead atoms. The molecular formula is C14H20N2O2S3. The van der Waals surface area contributed by atoms with Gasteiger partial charge in [-0.05, 0) is 53.7 Å². The van der Waals surface area contributed by atoms with Gasteiger partial charge in [0.2, 0.25) is 10.0 Å². The Bertz CT molecular complexity index is 648. The fourth-order valence-corrected chi connectivity index (χ4v) is 5.36. The highest BCUT2D eigenvalue weighted by Gasteiger charge is 2.22. The first-order valence-corrected chi connectivity index (χ1v) is 10.2. The largest absolute Gasteiger partial charge is 0.312 e. The summed E-state index contributed by atoms with van der Waals surface area (Å²) in [5.41, 5.74) is 0.990. The Morgan fingerprint density at radius 1 is 1.29 bits per heavy atom. The average Bonchev–Trinajstić information content (AvgIpc) is 3.10. The molecule has 1 atom stereocenters. The molecule has 0 spiro atoms. The minimum atomic E-state index is -3.48. The van der Waals surface area contributed by atoms with Crippen molar-refractivity contribution in [2.45, 2.75) is 37.8 Å². The van der Waals surface area contributed by atoms with Gasteiger partial charge in [-0.15, -0.1) is 11.3 Å². The Kier molecular flexibility index (Phi) is 5.95. The lowest BCUT2D eigenvalue weighted by Gasteiger charge is -2.13. The molecule has 116 valence electrons. The molecule has 2 aromatic rings. The molecule has 1 unspecified atom stereocenters. The molecule has 7 heteroatoms. The van der Waals surface area contributed by atoms with E-state index in [0.717, 1.165) is 23.4 Å². The molecule has 0 aliphatic rings. The SMILES string of the molecule is CCCNCc1sccc1S(=O)(=O)NC(C)c1ccsc1. The van der Waals surface area contributed by atoms with Crippen molar-refractivity contribution in [2.75, 3.05) is 6.54 Å². The summed E-state index contributed by atoms with van der Waals surface area (Å²) in [5, 5.41) is 8.99. The van der Waals surface area contributed by atoms with Crippen molar-refractivity contribution in [1.82, 2.24) is 10.0 Å². The van der Waals surface area contributed by atoms with E-state index in [-0.39, 0.29) is 6.04 Å². The highest BCUT2D eigenvalue weighted by atomic mass is 32.2. The van der Waals surface area contributed by atoms with Crippen LogP contribution in [0.5, 0.6) is 0 Å². The number of rotatable bonds is 8. The second-order valence-corrected chi connectivity index (χ2v) is 8.25. The molecule has 2 rings (SSSR count). The molecule has 0 radical (unpaired) electrons. The zero-order chi connectivity index (χ0) is 15.3. The summed E-state index contributed by atoms with van der Waals surface area (Å²) in [6, 6.07) is 3.39. The highest BCUT2D eigenvalue weighted by Crippen LogP contribution is 2.24. The lowest BCUT2D eigenvalue weighted by molar-refractivity contribution is 0.565. The van der Waals surface area contributed by atoms with Crippen molar-refractivity contribution in [1.29, 1.82) is 0 Å². The molecule has 2 heterocycles. The van der Waals surface area contributed by atoms with Crippen molar-refractivity contribution in [2.24, 2.45) is 0 Å². The van der Waals surface area contributed by atoms with Gasteiger partial charge in [0.1, 0.15) is 0 Å². The normalized spacial score (nSPS) is 13.4. The van der Waals surface area contributed by atoms with Crippen LogP contribution in [0.25, 0.3) is 0 Å². The van der Waals surface area contributed by atoms with Gasteiger partial charge in [-0.2, -0.15) is 11.3 Å². The van der Waals surface area contributed by atoms with Crippen LogP contribution < -0.4 is 10.0 Å². The van der Waals surface area contributed by atoms with Crippen molar-refractivity contribution >= 4 is 32.7 Å². The summed E-state index contributed by atoms with van der Waals surface area (Å²) in [6.45, 7) is 5.43. The average molecular weight is 345 g/mol. The predicted molar refractivity (Wildman–Crippen MR) is 89.4 cm³/mol. The zero-order valence-electron chi connectivity index (χ0n) is 12.1. The minimum Gasteiger partial charge on any atom is -0.312 e. The van der Waals surface area contributed by atoms with Crippen molar-refractivity contribution in [3.8, 4) is 0 Å². The van der Waals surface area contributed by atoms with E-state index in [4.69, 9.17) is 0 Å². The summed E-state index contributed by atoms with van der Waals surface area (Å²) < 4.78 is 27.8. The second kappa shape index (κ2) is 7.51. The topological polar surface area (TPSA) is 58.2 Å². The highest BCUT2D eigenvalue weighted by molar-refractivity contribution is 7.89. The molecule has 2 N–H and O–H groups in total. The van der Waals surface area contributed by atoms with E-state index < -0.39 is 10.0 Å². The Morgan fingerprint density at radius 2 is 2.10 bits per heavy atom. The van der Waals surface area contributed by atoms with Crippen LogP contribution in [0, 0.1) is 0 Å². The molecule has 0 saturated heterocycles. The fourth-order valence-electron chi connectivity index (χ4n) is 1.96. The number of nitrogens with one attached hydrogen (secondary N) is 2. The third kappa shape index (κ3) is 4.37. The summed E-state index contributed by atoms with van der Waals surface area (Å²) >= 11 is 3.04. The molecule has 0 aliphatic carbocycles. The van der Waals surface area contributed by atoms with Gasteiger partial charge in [0.15, 0.2) is 0 Å². The molecule has 0 fully saturated rings. The summed E-state index contributed by atoms with van der Waals surface area (Å²) in [6.07, 6.45) is 1.03. The van der Waals surface area contributed by atoms with Crippen molar-refractivity contribution < 1.29 is 8.42 Å². The standard InChI is InChI=1S/C14H20N2O2S3/c1-3-6-15-9-13-14(5-8-20-13)21(17,18)16-11(2)12-4-7-19-10-12/h4-5,7-8,10-11,15-16H,3,6,9H2,1-2H3. The van der Waals surface area contributed by atoms with Crippen LogP contribution in [0.4, 0.5) is 0 Å². The van der Waals surface area contributed by atoms with Gasteiger partial charge >= 0.3 is 0 Å². The van der Waals surface area contributed by atoms with Crippen molar-refractivity contribution in [3.05, 3.63) is 38.7 Å². The van der Waals surface area contributed by atoms with Gasteiger partial charge in [-0.3, -0.25) is 0 Å². The first kappa shape index (κ1) is 16.6. The lowest BCUT2D eigenvalue weighted by Crippen LogP contribution is -2.27. The van der Waals surface area contributed by atoms with Gasteiger partial charge in [-0.25, -0.2) is 13.1 Å². The monoisotopic (exact) mass is 344 g/mol. The van der Waals surface area contributed by atoms with E-state index in [1.54, 1.807) is 17.4 Å². The number of sulfonamides is 1. The first-order valence-electron chi connectivity index (χ1n) is 6.86. The molecule has 0 aromatic carbocycles. The van der Waals surface area contributed by atoms with Crippen LogP contribution in [-0.2, 0) is 16.6 Å². The van der Waals surface area contributed by atoms with Crippen LogP contribution in [0.15, 0.2) is 33.2 Å². The predicted octanol–water partition coefficient (Wildman–Crippen LogP) is 3.35. The molecule has 0 saturated carbocycles. The van der Waals surface area contributed by atoms with Gasteiger partial charge in [0, 0.05) is 17.5 Å². The molecule has 21 heavy (non-hydrogen) atoms. The van der Waals surface area contributed by atoms with E-state index in [9.17, 15) is 8.42 Å². The quantitative estimate of drug-likeness (QED) is 0.722. The maximum atomic E-state index is 12.5. The smallest absolute Gasteiger partial charge is 0.242 e. The third-order valence-electron chi connectivity index (χ3n) is 3.08. The van der Waals surface area contributed by atoms with Gasteiger partial charge in [0.25, 0.3) is 0 Å². The van der Waals surface area contributed by atoms with E-state index in [1.807, 2.05) is 29.1 Å². The molecule has 2 aromatic heterocycles. The fraction of sp³-hybridized carbons (Fsp3) is 0.429. The van der Waals surface area contributed by atoms with Gasteiger partial charge < -0.3 is 5.32 Å².